The molecule has 224 valence electrons. The Morgan fingerprint density at radius 3 is 1.70 bits per heavy atom. The van der Waals surface area contributed by atoms with Crippen molar-refractivity contribution in [3.63, 3.8) is 0 Å². The van der Waals surface area contributed by atoms with Gasteiger partial charge in [-0.2, -0.15) is 0 Å². The van der Waals surface area contributed by atoms with Gasteiger partial charge in [-0.05, 0) is 36.4 Å². The maximum atomic E-state index is 13.2. The summed E-state index contributed by atoms with van der Waals surface area (Å²) in [5.74, 6) is -2.51. The number of carbonyl (C=O) groups is 3. The first kappa shape index (κ1) is 29.6. The van der Waals surface area contributed by atoms with Crippen molar-refractivity contribution in [3.05, 3.63) is 151 Å². The monoisotopic (exact) mass is 601 g/mol. The van der Waals surface area contributed by atoms with Crippen LogP contribution in [0.1, 0.15) is 37.3 Å². The van der Waals surface area contributed by atoms with Crippen molar-refractivity contribution in [1.29, 1.82) is 0 Å². The summed E-state index contributed by atoms with van der Waals surface area (Å²) in [6.07, 6.45) is -5.17. The predicted molar refractivity (Wildman–Crippen MR) is 149 cm³/mol. The largest absolute Gasteiger partial charge is 0.459 e. The summed E-state index contributed by atoms with van der Waals surface area (Å²) in [6, 6.07) is 24.3. The quantitative estimate of drug-likeness (QED) is 0.119. The zero-order chi connectivity index (χ0) is 31.2. The molecule has 2 heterocycles. The molecule has 5 rings (SSSR count). The molecule has 0 bridgehead atoms. The van der Waals surface area contributed by atoms with Gasteiger partial charge in [0.1, 0.15) is 12.7 Å². The Morgan fingerprint density at radius 2 is 1.20 bits per heavy atom. The van der Waals surface area contributed by atoms with E-state index in [0.717, 1.165) is 12.3 Å². The molecule has 44 heavy (non-hydrogen) atoms. The van der Waals surface area contributed by atoms with Gasteiger partial charge >= 0.3 is 29.2 Å². The number of nitrogens with zero attached hydrogens (tertiary/aromatic N) is 3. The van der Waals surface area contributed by atoms with Crippen LogP contribution in [0.15, 0.2) is 113 Å². The van der Waals surface area contributed by atoms with E-state index in [2.05, 4.69) is 0 Å². The number of ether oxygens (including phenoxy) is 4. The van der Waals surface area contributed by atoms with Crippen LogP contribution in [0.25, 0.3) is 0 Å². The van der Waals surface area contributed by atoms with Crippen LogP contribution >= 0.6 is 0 Å². The van der Waals surface area contributed by atoms with Crippen LogP contribution in [0, 0.1) is 10.1 Å². The van der Waals surface area contributed by atoms with Crippen molar-refractivity contribution >= 4 is 17.9 Å². The first-order valence-electron chi connectivity index (χ1n) is 13.1. The van der Waals surface area contributed by atoms with Gasteiger partial charge in [0.25, 0.3) is 0 Å². The summed E-state index contributed by atoms with van der Waals surface area (Å²) >= 11 is 0. The number of carbonyl (C=O) groups excluding carboxylic acids is 3. The Bertz CT molecular complexity index is 1790. The highest BCUT2D eigenvalue weighted by molar-refractivity contribution is 5.91. The molecule has 1 aliphatic heterocycles. The van der Waals surface area contributed by atoms with Crippen LogP contribution in [0.3, 0.4) is 0 Å². The minimum Gasteiger partial charge on any atom is -0.459 e. The zero-order valence-electron chi connectivity index (χ0n) is 22.7. The number of hydrogen-bond acceptors (Lipinski definition) is 11. The van der Waals surface area contributed by atoms with Crippen LogP contribution in [0.5, 0.6) is 0 Å². The lowest BCUT2D eigenvalue weighted by Gasteiger charge is -2.25. The minimum absolute atomic E-state index is 0.0981. The Labute approximate surface area is 247 Å². The van der Waals surface area contributed by atoms with Crippen LogP contribution in [-0.2, 0) is 18.9 Å². The number of hydrogen-bond donors (Lipinski definition) is 0. The molecule has 0 aliphatic carbocycles. The van der Waals surface area contributed by atoms with E-state index in [1.54, 1.807) is 54.6 Å². The highest BCUT2D eigenvalue weighted by Crippen LogP contribution is 2.34. The molecule has 0 amide bonds. The van der Waals surface area contributed by atoms with Gasteiger partial charge in [-0.25, -0.2) is 29.3 Å². The molecular weight excluding hydrogens is 578 g/mol. The van der Waals surface area contributed by atoms with E-state index in [1.807, 2.05) is 0 Å². The molecule has 4 aromatic rings. The van der Waals surface area contributed by atoms with Gasteiger partial charge in [-0.1, -0.05) is 54.6 Å². The second-order valence-electron chi connectivity index (χ2n) is 9.39. The van der Waals surface area contributed by atoms with E-state index in [-0.39, 0.29) is 21.4 Å². The second-order valence-corrected chi connectivity index (χ2v) is 9.39. The van der Waals surface area contributed by atoms with Crippen LogP contribution < -0.4 is 11.2 Å². The van der Waals surface area contributed by atoms with Gasteiger partial charge in [0.15, 0.2) is 23.5 Å². The average molecular weight is 602 g/mol. The van der Waals surface area contributed by atoms with Gasteiger partial charge in [-0.15, -0.1) is 0 Å². The maximum absolute atomic E-state index is 13.2. The van der Waals surface area contributed by atoms with Crippen molar-refractivity contribution in [2.75, 3.05) is 6.61 Å². The van der Waals surface area contributed by atoms with Crippen LogP contribution in [-0.4, -0.2) is 57.1 Å². The third-order valence-electron chi connectivity index (χ3n) is 6.60. The van der Waals surface area contributed by atoms with Crippen molar-refractivity contribution in [1.82, 2.24) is 9.24 Å². The molecule has 1 saturated heterocycles. The Morgan fingerprint density at radius 1 is 0.727 bits per heavy atom. The van der Waals surface area contributed by atoms with E-state index < -0.39 is 65.3 Å². The lowest BCUT2D eigenvalue weighted by molar-refractivity contribution is -0.549. The molecule has 0 saturated carbocycles. The smallest absolute Gasteiger partial charge is 0.394 e. The standard InChI is InChI=1S/C30H23N3O11/c34-23-16-17-31(30(38)32(23)33(39)40)26-25(44-29(37)21-14-8-3-9-15-21)24(43-28(36)20-12-6-2-7-13-20)22(42-26)18-41-27(35)19-10-4-1-5-11-19/h1-17,22,24-26H,18H2/t22-,24-,25-,26-/m1/s1. The van der Waals surface area contributed by atoms with E-state index in [9.17, 15) is 34.1 Å². The molecule has 1 fully saturated rings. The van der Waals surface area contributed by atoms with Gasteiger partial charge in [-0.3, -0.25) is 9.36 Å². The van der Waals surface area contributed by atoms with Crippen LogP contribution in [0.2, 0.25) is 0 Å². The second kappa shape index (κ2) is 13.0. The average Bonchev–Trinajstić information content (AvgIpc) is 3.36. The van der Waals surface area contributed by atoms with E-state index in [1.165, 1.54) is 36.4 Å². The van der Waals surface area contributed by atoms with Crippen LogP contribution in [0.4, 0.5) is 0 Å². The molecule has 0 N–H and O–H groups in total. The lowest BCUT2D eigenvalue weighted by Crippen LogP contribution is -2.47. The Balaban J connectivity index is 1.55. The van der Waals surface area contributed by atoms with E-state index >= 15 is 0 Å². The fourth-order valence-corrected chi connectivity index (χ4v) is 4.51. The third kappa shape index (κ3) is 6.29. The highest BCUT2D eigenvalue weighted by atomic mass is 16.7. The number of nitro groups is 1. The number of benzene rings is 3. The molecule has 14 nitrogen and oxygen atoms in total. The van der Waals surface area contributed by atoms with Crippen molar-refractivity contribution in [2.45, 2.75) is 24.5 Å². The van der Waals surface area contributed by atoms with Crippen molar-refractivity contribution in [2.24, 2.45) is 0 Å². The SMILES string of the molecule is O=C(OC[C@H]1O[C@@H](n2ccc(=O)n([N+](=O)[O-])c2=O)[C@H](OC(=O)c2ccccc2)[C@@H]1OC(=O)c1ccccc1)c1ccccc1. The fraction of sp³-hybridized carbons (Fsp3) is 0.167. The van der Waals surface area contributed by atoms with E-state index in [4.69, 9.17) is 18.9 Å². The van der Waals surface area contributed by atoms with Gasteiger partial charge < -0.3 is 18.9 Å². The molecule has 0 radical (unpaired) electrons. The Kier molecular flexibility index (Phi) is 8.72. The number of rotatable bonds is 9. The van der Waals surface area contributed by atoms with E-state index in [0.29, 0.717) is 4.57 Å². The van der Waals surface area contributed by atoms with Gasteiger partial charge in [0.05, 0.1) is 16.7 Å². The lowest BCUT2D eigenvalue weighted by atomic mass is 10.1. The number of esters is 3. The summed E-state index contributed by atoms with van der Waals surface area (Å²) in [7, 11) is 0. The number of aromatic nitrogens is 2. The fourth-order valence-electron chi connectivity index (χ4n) is 4.51. The normalized spacial score (nSPS) is 19.1. The predicted octanol–water partition coefficient (Wildman–Crippen LogP) is 2.26. The highest BCUT2D eigenvalue weighted by Gasteiger charge is 2.52. The first-order valence-corrected chi connectivity index (χ1v) is 13.1. The zero-order valence-corrected chi connectivity index (χ0v) is 22.7. The molecule has 0 unspecified atom stereocenters. The molecule has 1 aliphatic rings. The molecule has 1 aromatic heterocycles. The summed E-state index contributed by atoms with van der Waals surface area (Å²) in [5, 5.41) is 10.3. The summed E-state index contributed by atoms with van der Waals surface area (Å²) in [4.78, 5) is 75.8. The molecular formula is C30H23N3O11. The molecule has 3 aromatic carbocycles. The molecule has 0 spiro atoms. The molecule has 14 heteroatoms. The van der Waals surface area contributed by atoms with Gasteiger partial charge in [0, 0.05) is 16.9 Å². The maximum Gasteiger partial charge on any atom is 0.394 e. The third-order valence-corrected chi connectivity index (χ3v) is 6.60. The van der Waals surface area contributed by atoms with Gasteiger partial charge in [0.2, 0.25) is 0 Å². The summed E-state index contributed by atoms with van der Waals surface area (Å²) < 4.78 is 23.3. The van der Waals surface area contributed by atoms with Crippen molar-refractivity contribution < 1.29 is 38.4 Å². The molecule has 4 atom stereocenters. The minimum atomic E-state index is -1.66. The summed E-state index contributed by atoms with van der Waals surface area (Å²) in [5.41, 5.74) is -2.22. The summed E-state index contributed by atoms with van der Waals surface area (Å²) in [6.45, 7) is -0.542. The first-order chi connectivity index (χ1) is 21.2. The topological polar surface area (TPSA) is 175 Å². The van der Waals surface area contributed by atoms with Crippen molar-refractivity contribution in [3.8, 4) is 0 Å². The Hall–Kier alpha value is -5.89.